The average molecular weight is 328 g/mol. The van der Waals surface area contributed by atoms with E-state index in [1.165, 1.54) is 0 Å². The van der Waals surface area contributed by atoms with Crippen LogP contribution in [0, 0.1) is 0 Å². The molecule has 90 valence electrons. The number of nitrogens with one attached hydrogen (secondary N) is 1. The summed E-state index contributed by atoms with van der Waals surface area (Å²) < 4.78 is 26.3. The maximum atomic E-state index is 11.6. The van der Waals surface area contributed by atoms with Crippen LogP contribution in [0.3, 0.4) is 0 Å². The molecule has 0 radical (unpaired) electrons. The molecule has 3 N–H and O–H groups in total. The first-order valence-electron chi connectivity index (χ1n) is 4.60. The van der Waals surface area contributed by atoms with E-state index in [4.69, 9.17) is 17.3 Å². The van der Waals surface area contributed by atoms with Crippen LogP contribution in [0.25, 0.3) is 0 Å². The van der Waals surface area contributed by atoms with Gasteiger partial charge in [-0.25, -0.2) is 8.42 Å². The van der Waals surface area contributed by atoms with Gasteiger partial charge in [-0.3, -0.25) is 4.72 Å². The summed E-state index contributed by atoms with van der Waals surface area (Å²) in [6.07, 6.45) is 0.418. The van der Waals surface area contributed by atoms with Gasteiger partial charge in [0.2, 0.25) is 10.0 Å². The summed E-state index contributed by atoms with van der Waals surface area (Å²) >= 11 is 9.11. The van der Waals surface area contributed by atoms with Crippen molar-refractivity contribution >= 4 is 43.2 Å². The van der Waals surface area contributed by atoms with Gasteiger partial charge < -0.3 is 5.73 Å². The number of nitrogens with two attached hydrogens (primary N) is 1. The van der Waals surface area contributed by atoms with E-state index < -0.39 is 10.0 Å². The SMILES string of the molecule is NCCCS(=O)(=O)Nc1cc(Br)ccc1Cl. The molecule has 0 aliphatic heterocycles. The lowest BCUT2D eigenvalue weighted by Gasteiger charge is -2.09. The molecule has 0 unspecified atom stereocenters. The zero-order valence-corrected chi connectivity index (χ0v) is 11.6. The number of rotatable bonds is 5. The molecule has 1 aromatic rings. The number of sulfonamides is 1. The molecule has 0 bridgehead atoms. The fourth-order valence-corrected chi connectivity index (χ4v) is 2.80. The Hall–Kier alpha value is -0.300. The van der Waals surface area contributed by atoms with E-state index in [9.17, 15) is 8.42 Å². The first-order chi connectivity index (χ1) is 7.44. The zero-order valence-electron chi connectivity index (χ0n) is 8.41. The minimum atomic E-state index is -3.37. The highest BCUT2D eigenvalue weighted by molar-refractivity contribution is 9.10. The van der Waals surface area contributed by atoms with Gasteiger partial charge in [0.05, 0.1) is 16.5 Å². The lowest BCUT2D eigenvalue weighted by Crippen LogP contribution is -2.19. The maximum absolute atomic E-state index is 11.6. The number of anilines is 1. The Morgan fingerprint density at radius 1 is 1.44 bits per heavy atom. The Morgan fingerprint density at radius 3 is 2.75 bits per heavy atom. The summed E-state index contributed by atoms with van der Waals surface area (Å²) in [4.78, 5) is 0. The van der Waals surface area contributed by atoms with Crippen molar-refractivity contribution in [3.8, 4) is 0 Å². The van der Waals surface area contributed by atoms with E-state index in [1.807, 2.05) is 0 Å². The van der Waals surface area contributed by atoms with Gasteiger partial charge in [-0.15, -0.1) is 0 Å². The first-order valence-corrected chi connectivity index (χ1v) is 7.42. The van der Waals surface area contributed by atoms with Crippen molar-refractivity contribution in [3.05, 3.63) is 27.7 Å². The molecule has 1 aromatic carbocycles. The number of halogens is 2. The standard InChI is InChI=1S/C9H12BrClN2O2S/c10-7-2-3-8(11)9(6-7)13-16(14,15)5-1-4-12/h2-3,6,13H,1,4-5,12H2. The second-order valence-corrected chi connectivity index (χ2v) is 6.35. The van der Waals surface area contributed by atoms with Crippen LogP contribution in [0.4, 0.5) is 5.69 Å². The highest BCUT2D eigenvalue weighted by Gasteiger charge is 2.11. The summed E-state index contributed by atoms with van der Waals surface area (Å²) in [7, 11) is -3.37. The predicted molar refractivity (Wildman–Crippen MR) is 70.2 cm³/mol. The van der Waals surface area contributed by atoms with Crippen molar-refractivity contribution in [2.75, 3.05) is 17.0 Å². The largest absolute Gasteiger partial charge is 0.330 e. The summed E-state index contributed by atoms with van der Waals surface area (Å²) in [6, 6.07) is 4.97. The van der Waals surface area contributed by atoms with Gasteiger partial charge in [0, 0.05) is 4.47 Å². The lowest BCUT2D eigenvalue weighted by atomic mass is 10.3. The van der Waals surface area contributed by atoms with E-state index in [0.29, 0.717) is 23.7 Å². The molecule has 0 atom stereocenters. The predicted octanol–water partition coefficient (Wildman–Crippen LogP) is 2.19. The lowest BCUT2D eigenvalue weighted by molar-refractivity contribution is 0.599. The van der Waals surface area contributed by atoms with Crippen molar-refractivity contribution in [3.63, 3.8) is 0 Å². The van der Waals surface area contributed by atoms with Gasteiger partial charge in [-0.2, -0.15) is 0 Å². The van der Waals surface area contributed by atoms with Crippen LogP contribution in [-0.4, -0.2) is 20.7 Å². The van der Waals surface area contributed by atoms with Gasteiger partial charge in [0.15, 0.2) is 0 Å². The summed E-state index contributed by atoms with van der Waals surface area (Å²) in [5.74, 6) is -0.00760. The Bertz CT molecular complexity index is 465. The normalized spacial score (nSPS) is 11.4. The Balaban J connectivity index is 2.83. The highest BCUT2D eigenvalue weighted by atomic mass is 79.9. The summed E-state index contributed by atoms with van der Waals surface area (Å²) in [6.45, 7) is 0.340. The van der Waals surface area contributed by atoms with E-state index in [0.717, 1.165) is 4.47 Å². The molecular weight excluding hydrogens is 316 g/mol. The van der Waals surface area contributed by atoms with E-state index in [2.05, 4.69) is 20.7 Å². The van der Waals surface area contributed by atoms with Crippen molar-refractivity contribution in [1.82, 2.24) is 0 Å². The number of benzene rings is 1. The fraction of sp³-hybridized carbons (Fsp3) is 0.333. The van der Waals surface area contributed by atoms with Crippen LogP contribution in [-0.2, 0) is 10.0 Å². The third-order valence-electron chi connectivity index (χ3n) is 1.81. The molecule has 7 heteroatoms. The molecule has 0 aliphatic rings. The number of hydrogen-bond donors (Lipinski definition) is 2. The van der Waals surface area contributed by atoms with E-state index >= 15 is 0 Å². The van der Waals surface area contributed by atoms with Gasteiger partial charge in [-0.1, -0.05) is 27.5 Å². The molecule has 0 fully saturated rings. The monoisotopic (exact) mass is 326 g/mol. The van der Waals surface area contributed by atoms with E-state index in [-0.39, 0.29) is 5.75 Å². The quantitative estimate of drug-likeness (QED) is 0.871. The molecule has 4 nitrogen and oxygen atoms in total. The van der Waals surface area contributed by atoms with Crippen molar-refractivity contribution in [2.24, 2.45) is 5.73 Å². The van der Waals surface area contributed by atoms with Crippen LogP contribution in [0.15, 0.2) is 22.7 Å². The Morgan fingerprint density at radius 2 is 2.12 bits per heavy atom. The fourth-order valence-electron chi connectivity index (χ4n) is 1.07. The first kappa shape index (κ1) is 13.8. The maximum Gasteiger partial charge on any atom is 0.232 e. The molecular formula is C9H12BrClN2O2S. The molecule has 0 heterocycles. The second kappa shape index (κ2) is 5.86. The average Bonchev–Trinajstić information content (AvgIpc) is 2.20. The van der Waals surface area contributed by atoms with Crippen LogP contribution < -0.4 is 10.5 Å². The van der Waals surface area contributed by atoms with Crippen molar-refractivity contribution in [2.45, 2.75) is 6.42 Å². The minimum absolute atomic E-state index is 0.00760. The molecule has 0 saturated carbocycles. The third kappa shape index (κ3) is 4.29. The molecule has 0 spiro atoms. The second-order valence-electron chi connectivity index (χ2n) is 3.19. The Labute approximate surface area is 108 Å². The molecule has 16 heavy (non-hydrogen) atoms. The number of hydrogen-bond acceptors (Lipinski definition) is 3. The van der Waals surface area contributed by atoms with Gasteiger partial charge in [0.25, 0.3) is 0 Å². The van der Waals surface area contributed by atoms with Crippen LogP contribution in [0.5, 0.6) is 0 Å². The van der Waals surface area contributed by atoms with Crippen LogP contribution in [0.1, 0.15) is 6.42 Å². The van der Waals surface area contributed by atoms with Crippen molar-refractivity contribution < 1.29 is 8.42 Å². The Kier molecular flexibility index (Phi) is 5.04. The molecule has 0 aromatic heterocycles. The van der Waals surface area contributed by atoms with Crippen LogP contribution >= 0.6 is 27.5 Å². The van der Waals surface area contributed by atoms with Crippen molar-refractivity contribution in [1.29, 1.82) is 0 Å². The topological polar surface area (TPSA) is 72.2 Å². The van der Waals surface area contributed by atoms with Gasteiger partial charge in [0.1, 0.15) is 0 Å². The van der Waals surface area contributed by atoms with Crippen LogP contribution in [0.2, 0.25) is 5.02 Å². The molecule has 1 rings (SSSR count). The summed E-state index contributed by atoms with van der Waals surface area (Å²) in [5, 5.41) is 0.361. The zero-order chi connectivity index (χ0) is 12.2. The molecule has 0 amide bonds. The van der Waals surface area contributed by atoms with Gasteiger partial charge in [-0.05, 0) is 31.2 Å². The molecule has 0 aliphatic carbocycles. The third-order valence-corrected chi connectivity index (χ3v) is 3.99. The highest BCUT2D eigenvalue weighted by Crippen LogP contribution is 2.26. The van der Waals surface area contributed by atoms with E-state index in [1.54, 1.807) is 18.2 Å². The molecule has 0 saturated heterocycles. The summed E-state index contributed by atoms with van der Waals surface area (Å²) in [5.41, 5.74) is 5.63. The minimum Gasteiger partial charge on any atom is -0.330 e. The smallest absolute Gasteiger partial charge is 0.232 e. The van der Waals surface area contributed by atoms with Gasteiger partial charge >= 0.3 is 0 Å².